The van der Waals surface area contributed by atoms with Crippen LogP contribution in [0.15, 0.2) is 53.6 Å². The van der Waals surface area contributed by atoms with E-state index in [2.05, 4.69) is 20.5 Å². The predicted molar refractivity (Wildman–Crippen MR) is 136 cm³/mol. The number of anilines is 1. The standard InChI is InChI=1S/C26H27FN4O4S/c1-15-20(35-21-10-11-28-19-8-7-17(13-18(19)21)36(5,33)34)9-6-16(25(15)27)12-24(32)29-23-14-22(30-31-23)26(2,3)4/h6-11,13-14H,12H2,1-5H3,(H2,29,30,31,32). The second-order valence-corrected chi connectivity index (χ2v) is 11.7. The lowest BCUT2D eigenvalue weighted by atomic mass is 9.92. The number of nitrogens with zero attached hydrogens (tertiary/aromatic N) is 2. The van der Waals surface area contributed by atoms with Crippen LogP contribution in [0.4, 0.5) is 10.2 Å². The molecule has 188 valence electrons. The smallest absolute Gasteiger partial charge is 0.230 e. The van der Waals surface area contributed by atoms with E-state index >= 15 is 4.39 Å². The largest absolute Gasteiger partial charge is 0.456 e. The van der Waals surface area contributed by atoms with Crippen LogP contribution in [-0.2, 0) is 26.5 Å². The van der Waals surface area contributed by atoms with Crippen molar-refractivity contribution in [1.29, 1.82) is 0 Å². The number of hydrogen-bond donors (Lipinski definition) is 2. The minimum Gasteiger partial charge on any atom is -0.456 e. The number of hydrogen-bond acceptors (Lipinski definition) is 6. The number of pyridine rings is 1. The molecule has 2 aromatic carbocycles. The lowest BCUT2D eigenvalue weighted by Crippen LogP contribution is -2.16. The second-order valence-electron chi connectivity index (χ2n) is 9.67. The van der Waals surface area contributed by atoms with Crippen molar-refractivity contribution >= 4 is 32.5 Å². The van der Waals surface area contributed by atoms with Crippen molar-refractivity contribution in [3.63, 3.8) is 0 Å². The first-order chi connectivity index (χ1) is 16.8. The van der Waals surface area contributed by atoms with Gasteiger partial charge in [-0.3, -0.25) is 14.9 Å². The zero-order chi connectivity index (χ0) is 26.3. The van der Waals surface area contributed by atoms with Crippen molar-refractivity contribution in [3.05, 3.63) is 71.3 Å². The Bertz CT molecular complexity index is 1570. The minimum absolute atomic E-state index is 0.128. The summed E-state index contributed by atoms with van der Waals surface area (Å²) >= 11 is 0. The molecule has 0 fully saturated rings. The molecule has 0 saturated heterocycles. The molecule has 0 saturated carbocycles. The van der Waals surface area contributed by atoms with Gasteiger partial charge in [0.2, 0.25) is 5.91 Å². The van der Waals surface area contributed by atoms with E-state index in [-0.39, 0.29) is 33.6 Å². The number of halogens is 1. The Kier molecular flexibility index (Phi) is 6.57. The van der Waals surface area contributed by atoms with Crippen LogP contribution in [0.5, 0.6) is 11.5 Å². The van der Waals surface area contributed by atoms with E-state index in [1.807, 2.05) is 20.8 Å². The number of ether oxygens (including phenoxy) is 1. The molecule has 0 aliphatic heterocycles. The fraction of sp³-hybridized carbons (Fsp3) is 0.269. The predicted octanol–water partition coefficient (Wildman–Crippen LogP) is 5.08. The fourth-order valence-electron chi connectivity index (χ4n) is 3.64. The van der Waals surface area contributed by atoms with Crippen molar-refractivity contribution < 1.29 is 22.3 Å². The number of benzene rings is 2. The molecule has 2 N–H and O–H groups in total. The molecule has 0 radical (unpaired) electrons. The Balaban J connectivity index is 1.55. The molecule has 0 aliphatic rings. The van der Waals surface area contributed by atoms with Crippen LogP contribution in [0.1, 0.15) is 37.6 Å². The lowest BCUT2D eigenvalue weighted by Gasteiger charge is -2.14. The average molecular weight is 511 g/mol. The molecule has 0 atom stereocenters. The topological polar surface area (TPSA) is 114 Å². The highest BCUT2D eigenvalue weighted by molar-refractivity contribution is 7.90. The first kappa shape index (κ1) is 25.3. The van der Waals surface area contributed by atoms with Gasteiger partial charge in [-0.05, 0) is 42.8 Å². The van der Waals surface area contributed by atoms with Crippen LogP contribution in [-0.4, -0.2) is 35.8 Å². The molecular formula is C26H27FN4O4S. The molecule has 8 nitrogen and oxygen atoms in total. The van der Waals surface area contributed by atoms with Crippen LogP contribution in [0, 0.1) is 12.7 Å². The summed E-state index contributed by atoms with van der Waals surface area (Å²) in [5.74, 6) is 0.000330. The fourth-order valence-corrected chi connectivity index (χ4v) is 4.29. The van der Waals surface area contributed by atoms with Crippen molar-refractivity contribution in [3.8, 4) is 11.5 Å². The second kappa shape index (κ2) is 9.34. The highest BCUT2D eigenvalue weighted by Gasteiger charge is 2.19. The van der Waals surface area contributed by atoms with Gasteiger partial charge in [-0.1, -0.05) is 26.8 Å². The summed E-state index contributed by atoms with van der Waals surface area (Å²) in [6.07, 6.45) is 2.47. The van der Waals surface area contributed by atoms with Gasteiger partial charge in [0.05, 0.1) is 16.8 Å². The Morgan fingerprint density at radius 2 is 1.86 bits per heavy atom. The van der Waals surface area contributed by atoms with E-state index in [0.29, 0.717) is 22.5 Å². The summed E-state index contributed by atoms with van der Waals surface area (Å²) in [6.45, 7) is 7.62. The molecule has 0 aliphatic carbocycles. The Morgan fingerprint density at radius 3 is 2.53 bits per heavy atom. The number of rotatable bonds is 6. The molecule has 0 spiro atoms. The van der Waals surface area contributed by atoms with E-state index in [1.54, 1.807) is 31.2 Å². The van der Waals surface area contributed by atoms with Crippen LogP contribution in [0.3, 0.4) is 0 Å². The Labute approximate surface area is 208 Å². The molecule has 4 aromatic rings. The number of carbonyl (C=O) groups is 1. The van der Waals surface area contributed by atoms with Gasteiger partial charge in [0.1, 0.15) is 17.3 Å². The van der Waals surface area contributed by atoms with Gasteiger partial charge in [-0.25, -0.2) is 12.8 Å². The maximum Gasteiger partial charge on any atom is 0.230 e. The van der Waals surface area contributed by atoms with Gasteiger partial charge in [0.15, 0.2) is 15.7 Å². The van der Waals surface area contributed by atoms with Crippen LogP contribution in [0.2, 0.25) is 0 Å². The van der Waals surface area contributed by atoms with E-state index in [1.165, 1.54) is 24.4 Å². The van der Waals surface area contributed by atoms with Crippen LogP contribution in [0.25, 0.3) is 10.9 Å². The number of fused-ring (bicyclic) bond motifs is 1. The first-order valence-corrected chi connectivity index (χ1v) is 13.1. The number of nitrogens with one attached hydrogen (secondary N) is 2. The summed E-state index contributed by atoms with van der Waals surface area (Å²) in [6, 6.07) is 11.0. The molecular weight excluding hydrogens is 483 g/mol. The highest BCUT2D eigenvalue weighted by atomic mass is 32.2. The minimum atomic E-state index is -3.43. The number of H-pyrrole nitrogens is 1. The normalized spacial score (nSPS) is 12.1. The molecule has 0 unspecified atom stereocenters. The van der Waals surface area contributed by atoms with Crippen LogP contribution >= 0.6 is 0 Å². The highest BCUT2D eigenvalue weighted by Crippen LogP contribution is 2.33. The SMILES string of the molecule is Cc1c(Oc2ccnc3ccc(S(C)(=O)=O)cc23)ccc(CC(=O)Nc2cc(C(C)(C)C)[nH]n2)c1F. The van der Waals surface area contributed by atoms with Crippen molar-refractivity contribution in [1.82, 2.24) is 15.2 Å². The molecule has 1 amide bonds. The van der Waals surface area contributed by atoms with E-state index in [4.69, 9.17) is 4.74 Å². The number of sulfone groups is 1. The molecule has 10 heteroatoms. The Morgan fingerprint density at radius 1 is 1.11 bits per heavy atom. The van der Waals surface area contributed by atoms with Gasteiger partial charge < -0.3 is 10.1 Å². The average Bonchev–Trinajstić information content (AvgIpc) is 3.27. The zero-order valence-corrected chi connectivity index (χ0v) is 21.5. The van der Waals surface area contributed by atoms with Gasteiger partial charge in [0, 0.05) is 40.6 Å². The summed E-state index contributed by atoms with van der Waals surface area (Å²) in [7, 11) is -3.43. The molecule has 4 rings (SSSR count). The molecule has 0 bridgehead atoms. The zero-order valence-electron chi connectivity index (χ0n) is 20.6. The molecule has 36 heavy (non-hydrogen) atoms. The number of aromatic nitrogens is 3. The maximum atomic E-state index is 15.2. The molecule has 2 heterocycles. The summed E-state index contributed by atoms with van der Waals surface area (Å²) in [5.41, 5.74) is 1.69. The third kappa shape index (κ3) is 5.38. The van der Waals surface area contributed by atoms with Crippen LogP contribution < -0.4 is 10.1 Å². The van der Waals surface area contributed by atoms with Crippen molar-refractivity contribution in [2.75, 3.05) is 11.6 Å². The molecule has 2 aromatic heterocycles. The van der Waals surface area contributed by atoms with E-state index in [9.17, 15) is 13.2 Å². The van der Waals surface area contributed by atoms with Crippen molar-refractivity contribution in [2.24, 2.45) is 0 Å². The third-order valence-corrected chi connectivity index (χ3v) is 6.85. The van der Waals surface area contributed by atoms with Gasteiger partial charge in [-0.2, -0.15) is 5.10 Å². The van der Waals surface area contributed by atoms with Gasteiger partial charge >= 0.3 is 0 Å². The number of amides is 1. The summed E-state index contributed by atoms with van der Waals surface area (Å²) < 4.78 is 45.1. The summed E-state index contributed by atoms with van der Waals surface area (Å²) in [5, 5.41) is 10.2. The third-order valence-electron chi connectivity index (χ3n) is 5.74. The van der Waals surface area contributed by atoms with Gasteiger partial charge in [-0.15, -0.1) is 0 Å². The maximum absolute atomic E-state index is 15.2. The van der Waals surface area contributed by atoms with Gasteiger partial charge in [0.25, 0.3) is 0 Å². The number of carbonyl (C=O) groups excluding carboxylic acids is 1. The van der Waals surface area contributed by atoms with Crippen molar-refractivity contribution in [2.45, 2.75) is 44.4 Å². The van der Waals surface area contributed by atoms with E-state index in [0.717, 1.165) is 11.9 Å². The summed E-state index contributed by atoms with van der Waals surface area (Å²) in [4.78, 5) is 16.9. The monoisotopic (exact) mass is 510 g/mol. The first-order valence-electron chi connectivity index (χ1n) is 11.2. The quantitative estimate of drug-likeness (QED) is 0.374. The lowest BCUT2D eigenvalue weighted by molar-refractivity contribution is -0.115. The Hall–Kier alpha value is -3.79. The van der Waals surface area contributed by atoms with E-state index < -0.39 is 21.6 Å². The number of aromatic amines is 1.